The molecule has 0 aromatic rings. The maximum Gasteiger partial charge on any atom is 0.331 e. The summed E-state index contributed by atoms with van der Waals surface area (Å²) in [7, 11) is 0. The van der Waals surface area contributed by atoms with E-state index < -0.39 is 5.97 Å². The molecule has 0 atom stereocenters. The highest BCUT2D eigenvalue weighted by Gasteiger charge is 2.03. The molecule has 0 heterocycles. The molecular formula is C8H12O2. The topological polar surface area (TPSA) is 37.3 Å². The number of aliphatic carboxylic acids is 1. The lowest BCUT2D eigenvalue weighted by Crippen LogP contribution is -1.99. The second kappa shape index (κ2) is 3.88. The Hall–Kier alpha value is -1.05. The first-order valence-corrected chi connectivity index (χ1v) is 3.19. The Morgan fingerprint density at radius 1 is 1.70 bits per heavy atom. The largest absolute Gasteiger partial charge is 0.478 e. The molecule has 0 spiro atoms. The fraction of sp³-hybridized carbons (Fsp3) is 0.375. The van der Waals surface area contributed by atoms with Crippen molar-refractivity contribution in [1.82, 2.24) is 0 Å². The van der Waals surface area contributed by atoms with Gasteiger partial charge >= 0.3 is 5.97 Å². The summed E-state index contributed by atoms with van der Waals surface area (Å²) in [5.41, 5.74) is 1.19. The van der Waals surface area contributed by atoms with E-state index in [1.807, 2.05) is 6.92 Å². The average molecular weight is 140 g/mol. The number of carboxylic acid groups (broad SMARTS) is 1. The fourth-order valence-corrected chi connectivity index (χ4v) is 0.700. The minimum absolute atomic E-state index is 0.387. The molecule has 0 fully saturated rings. The third kappa shape index (κ3) is 2.05. The quantitative estimate of drug-likeness (QED) is 0.480. The SMILES string of the molecule is C=CC(CC)=C(C)C(=O)O. The summed E-state index contributed by atoms with van der Waals surface area (Å²) in [5.74, 6) is -0.864. The van der Waals surface area contributed by atoms with Crippen LogP contribution in [0.3, 0.4) is 0 Å². The molecule has 0 bridgehead atoms. The molecule has 0 aliphatic rings. The molecular weight excluding hydrogens is 128 g/mol. The van der Waals surface area contributed by atoms with Crippen molar-refractivity contribution in [3.8, 4) is 0 Å². The Kier molecular flexibility index (Phi) is 3.47. The van der Waals surface area contributed by atoms with Crippen LogP contribution in [0.4, 0.5) is 0 Å². The molecule has 10 heavy (non-hydrogen) atoms. The van der Waals surface area contributed by atoms with E-state index in [2.05, 4.69) is 6.58 Å². The first kappa shape index (κ1) is 8.95. The van der Waals surface area contributed by atoms with Gasteiger partial charge in [-0.2, -0.15) is 0 Å². The van der Waals surface area contributed by atoms with Crippen LogP contribution < -0.4 is 0 Å². The van der Waals surface area contributed by atoms with Gasteiger partial charge in [-0.1, -0.05) is 19.6 Å². The van der Waals surface area contributed by atoms with Crippen molar-refractivity contribution in [3.05, 3.63) is 23.8 Å². The van der Waals surface area contributed by atoms with Crippen molar-refractivity contribution in [2.75, 3.05) is 0 Å². The van der Waals surface area contributed by atoms with Crippen molar-refractivity contribution >= 4 is 5.97 Å². The summed E-state index contributed by atoms with van der Waals surface area (Å²) in [6, 6.07) is 0. The maximum atomic E-state index is 10.4. The lowest BCUT2D eigenvalue weighted by Gasteiger charge is -1.98. The third-order valence-electron chi connectivity index (χ3n) is 1.43. The predicted octanol–water partition coefficient (Wildman–Crippen LogP) is 1.98. The van der Waals surface area contributed by atoms with Gasteiger partial charge in [-0.25, -0.2) is 4.79 Å². The predicted molar refractivity (Wildman–Crippen MR) is 40.8 cm³/mol. The molecule has 0 unspecified atom stereocenters. The standard InChI is InChI=1S/C8H12O2/c1-4-7(5-2)6(3)8(9)10/h4H,1,5H2,2-3H3,(H,9,10). The number of allylic oxidation sites excluding steroid dienone is 2. The van der Waals surface area contributed by atoms with Gasteiger partial charge in [-0.05, 0) is 18.9 Å². The zero-order valence-electron chi connectivity index (χ0n) is 6.35. The van der Waals surface area contributed by atoms with Gasteiger partial charge in [-0.3, -0.25) is 0 Å². The van der Waals surface area contributed by atoms with Crippen LogP contribution in [0.2, 0.25) is 0 Å². The average Bonchev–Trinajstić information content (AvgIpc) is 1.90. The molecule has 2 heteroatoms. The van der Waals surface area contributed by atoms with E-state index in [-0.39, 0.29) is 0 Å². The number of rotatable bonds is 3. The molecule has 0 saturated heterocycles. The number of carboxylic acids is 1. The van der Waals surface area contributed by atoms with E-state index in [1.165, 1.54) is 0 Å². The highest BCUT2D eigenvalue weighted by Crippen LogP contribution is 2.08. The molecule has 0 saturated carbocycles. The number of hydrogen-bond donors (Lipinski definition) is 1. The zero-order valence-corrected chi connectivity index (χ0v) is 6.35. The molecule has 0 aliphatic carbocycles. The molecule has 2 nitrogen and oxygen atoms in total. The summed E-state index contributed by atoms with van der Waals surface area (Å²) in [6.07, 6.45) is 2.31. The third-order valence-corrected chi connectivity index (χ3v) is 1.43. The molecule has 0 aliphatic heterocycles. The summed E-state index contributed by atoms with van der Waals surface area (Å²) < 4.78 is 0. The van der Waals surface area contributed by atoms with Gasteiger partial charge in [0.25, 0.3) is 0 Å². The van der Waals surface area contributed by atoms with Crippen molar-refractivity contribution in [1.29, 1.82) is 0 Å². The van der Waals surface area contributed by atoms with E-state index in [9.17, 15) is 4.79 Å². The van der Waals surface area contributed by atoms with Gasteiger partial charge in [0.2, 0.25) is 0 Å². The molecule has 56 valence electrons. The highest BCUT2D eigenvalue weighted by atomic mass is 16.4. The van der Waals surface area contributed by atoms with Gasteiger partial charge < -0.3 is 5.11 Å². The van der Waals surface area contributed by atoms with Crippen LogP contribution in [0, 0.1) is 0 Å². The Bertz CT molecular complexity index is 178. The van der Waals surface area contributed by atoms with Crippen molar-refractivity contribution in [2.45, 2.75) is 20.3 Å². The molecule has 0 amide bonds. The molecule has 0 aromatic heterocycles. The summed E-state index contributed by atoms with van der Waals surface area (Å²) in [5, 5.41) is 8.51. The van der Waals surface area contributed by atoms with Crippen LogP contribution in [0.5, 0.6) is 0 Å². The Morgan fingerprint density at radius 3 is 2.30 bits per heavy atom. The van der Waals surface area contributed by atoms with Gasteiger partial charge in [0.05, 0.1) is 0 Å². The minimum Gasteiger partial charge on any atom is -0.478 e. The van der Waals surface area contributed by atoms with Crippen molar-refractivity contribution in [3.63, 3.8) is 0 Å². The fourth-order valence-electron chi connectivity index (χ4n) is 0.700. The maximum absolute atomic E-state index is 10.4. The number of hydrogen-bond acceptors (Lipinski definition) is 1. The molecule has 0 aromatic carbocycles. The Morgan fingerprint density at radius 2 is 2.20 bits per heavy atom. The molecule has 0 radical (unpaired) electrons. The Balaban J connectivity index is 4.59. The van der Waals surface area contributed by atoms with E-state index >= 15 is 0 Å². The number of carbonyl (C=O) groups is 1. The van der Waals surface area contributed by atoms with Crippen molar-refractivity contribution in [2.24, 2.45) is 0 Å². The van der Waals surface area contributed by atoms with E-state index in [0.29, 0.717) is 5.57 Å². The van der Waals surface area contributed by atoms with Gasteiger partial charge in [0, 0.05) is 5.57 Å². The zero-order chi connectivity index (χ0) is 8.15. The summed E-state index contributed by atoms with van der Waals surface area (Å²) >= 11 is 0. The van der Waals surface area contributed by atoms with E-state index in [4.69, 9.17) is 5.11 Å². The Labute approximate surface area is 60.9 Å². The second-order valence-corrected chi connectivity index (χ2v) is 2.01. The van der Waals surface area contributed by atoms with Crippen LogP contribution in [-0.4, -0.2) is 11.1 Å². The van der Waals surface area contributed by atoms with E-state index in [1.54, 1.807) is 13.0 Å². The van der Waals surface area contributed by atoms with Crippen LogP contribution in [0.15, 0.2) is 23.8 Å². The molecule has 1 N–H and O–H groups in total. The normalized spacial score (nSPS) is 12.2. The van der Waals surface area contributed by atoms with Gasteiger partial charge in [-0.15, -0.1) is 0 Å². The minimum atomic E-state index is -0.864. The van der Waals surface area contributed by atoms with E-state index in [0.717, 1.165) is 12.0 Å². The lowest BCUT2D eigenvalue weighted by atomic mass is 10.1. The second-order valence-electron chi connectivity index (χ2n) is 2.01. The summed E-state index contributed by atoms with van der Waals surface area (Å²) in [6.45, 7) is 7.01. The molecule has 0 rings (SSSR count). The van der Waals surface area contributed by atoms with Crippen LogP contribution in [0.1, 0.15) is 20.3 Å². The first-order chi connectivity index (χ1) is 4.63. The smallest absolute Gasteiger partial charge is 0.331 e. The highest BCUT2D eigenvalue weighted by molar-refractivity contribution is 5.87. The lowest BCUT2D eigenvalue weighted by molar-refractivity contribution is -0.132. The monoisotopic (exact) mass is 140 g/mol. The van der Waals surface area contributed by atoms with Crippen LogP contribution >= 0.6 is 0 Å². The first-order valence-electron chi connectivity index (χ1n) is 3.19. The van der Waals surface area contributed by atoms with Crippen molar-refractivity contribution < 1.29 is 9.90 Å². The van der Waals surface area contributed by atoms with Crippen LogP contribution in [-0.2, 0) is 4.79 Å². The summed E-state index contributed by atoms with van der Waals surface area (Å²) in [4.78, 5) is 10.4. The van der Waals surface area contributed by atoms with Gasteiger partial charge in [0.1, 0.15) is 0 Å². The van der Waals surface area contributed by atoms with Gasteiger partial charge in [0.15, 0.2) is 0 Å². The van der Waals surface area contributed by atoms with Crippen LogP contribution in [0.25, 0.3) is 0 Å².